The number of hydrogen-bond donors (Lipinski definition) is 5. The van der Waals surface area contributed by atoms with Crippen LogP contribution in [-0.2, 0) is 9.47 Å². The van der Waals surface area contributed by atoms with Crippen LogP contribution in [0.5, 0.6) is 17.2 Å². The van der Waals surface area contributed by atoms with Crippen molar-refractivity contribution in [2.75, 3.05) is 26.3 Å². The molecule has 0 bridgehead atoms. The zero-order chi connectivity index (χ0) is 31.4. The summed E-state index contributed by atoms with van der Waals surface area (Å²) in [5.41, 5.74) is -2.04. The Bertz CT molecular complexity index is 1420. The predicted octanol–water partition coefficient (Wildman–Crippen LogP) is 3.78. The van der Waals surface area contributed by atoms with Crippen molar-refractivity contribution in [3.05, 3.63) is 51.6 Å². The Kier molecular flexibility index (Phi) is 8.63. The molecular formula is C33H43NO9. The fourth-order valence-corrected chi connectivity index (χ4v) is 7.16. The van der Waals surface area contributed by atoms with Crippen LogP contribution >= 0.6 is 0 Å². The molecule has 0 saturated carbocycles. The van der Waals surface area contributed by atoms with E-state index in [4.69, 9.17) is 9.47 Å². The van der Waals surface area contributed by atoms with E-state index in [1.807, 2.05) is 27.7 Å². The van der Waals surface area contributed by atoms with E-state index in [0.717, 1.165) is 0 Å². The number of rotatable bonds is 8. The highest BCUT2D eigenvalue weighted by Gasteiger charge is 2.49. The summed E-state index contributed by atoms with van der Waals surface area (Å²) in [6.45, 7) is 11.8. The summed E-state index contributed by atoms with van der Waals surface area (Å²) in [6, 6.07) is 3.89. The number of carbonyl (C=O) groups is 2. The van der Waals surface area contributed by atoms with Crippen molar-refractivity contribution in [1.29, 1.82) is 0 Å². The Labute approximate surface area is 251 Å². The highest BCUT2D eigenvalue weighted by Crippen LogP contribution is 2.56. The van der Waals surface area contributed by atoms with Crippen molar-refractivity contribution in [2.24, 2.45) is 5.92 Å². The Morgan fingerprint density at radius 1 is 1.00 bits per heavy atom. The van der Waals surface area contributed by atoms with Crippen LogP contribution in [0.15, 0.2) is 18.2 Å². The van der Waals surface area contributed by atoms with E-state index in [2.05, 4.69) is 4.90 Å². The number of ketones is 2. The summed E-state index contributed by atoms with van der Waals surface area (Å²) >= 11 is 0. The van der Waals surface area contributed by atoms with Gasteiger partial charge in [0, 0.05) is 48.2 Å². The van der Waals surface area contributed by atoms with Gasteiger partial charge in [-0.15, -0.1) is 0 Å². The summed E-state index contributed by atoms with van der Waals surface area (Å²) in [6.07, 6.45) is -1.19. The number of aliphatic hydroxyl groups is 2. The van der Waals surface area contributed by atoms with Gasteiger partial charge in [-0.1, -0.05) is 39.8 Å². The summed E-state index contributed by atoms with van der Waals surface area (Å²) in [5.74, 6) is -3.54. The Hall–Kier alpha value is -3.02. The first-order valence-electron chi connectivity index (χ1n) is 15.2. The van der Waals surface area contributed by atoms with Gasteiger partial charge >= 0.3 is 0 Å². The standard InChI is InChI=1S/C33H43NO9/c1-6-33(41)15-22(43-17(4)14-20(28(36)16(2)3)34-10-12-42-13-11-34)25-23(18(33)5)30(38)26-27(32(25)40)31(39)24-19(29(26)37)8-7-9-21(24)35/h7-9,16-18,20,22,28,35-36,38,40-41H,6,10-15H2,1-5H3/t17-,18-,20?,22+,28-,33-/m1/s1. The molecule has 1 aliphatic heterocycles. The predicted molar refractivity (Wildman–Crippen MR) is 158 cm³/mol. The zero-order valence-electron chi connectivity index (χ0n) is 25.5. The number of aromatic hydroxyl groups is 3. The van der Waals surface area contributed by atoms with E-state index >= 15 is 0 Å². The van der Waals surface area contributed by atoms with Crippen molar-refractivity contribution in [2.45, 2.75) is 89.8 Å². The molecule has 6 atom stereocenters. The van der Waals surface area contributed by atoms with Crippen LogP contribution < -0.4 is 0 Å². The fraction of sp³-hybridized carbons (Fsp3) is 0.576. The molecule has 2 aromatic carbocycles. The molecule has 10 heteroatoms. The largest absolute Gasteiger partial charge is 0.507 e. The average molecular weight is 598 g/mol. The number of phenols is 3. The van der Waals surface area contributed by atoms with Gasteiger partial charge in [0.15, 0.2) is 5.78 Å². The first-order valence-corrected chi connectivity index (χ1v) is 15.2. The number of aliphatic hydroxyl groups excluding tert-OH is 1. The summed E-state index contributed by atoms with van der Waals surface area (Å²) in [7, 11) is 0. The third kappa shape index (κ3) is 5.23. The molecule has 3 aliphatic rings. The van der Waals surface area contributed by atoms with Gasteiger partial charge in [-0.3, -0.25) is 14.5 Å². The quantitative estimate of drug-likeness (QED) is 0.242. The number of nitrogens with zero attached hydrogens (tertiary/aromatic N) is 1. The van der Waals surface area contributed by atoms with Gasteiger partial charge in [0.1, 0.15) is 17.2 Å². The minimum atomic E-state index is -1.34. The van der Waals surface area contributed by atoms with Gasteiger partial charge in [-0.2, -0.15) is 0 Å². The van der Waals surface area contributed by atoms with Crippen molar-refractivity contribution in [3.8, 4) is 17.2 Å². The molecule has 0 amide bonds. The van der Waals surface area contributed by atoms with Crippen molar-refractivity contribution in [1.82, 2.24) is 4.90 Å². The van der Waals surface area contributed by atoms with Crippen molar-refractivity contribution in [3.63, 3.8) is 0 Å². The lowest BCUT2D eigenvalue weighted by Gasteiger charge is -2.45. The Morgan fingerprint density at radius 2 is 1.63 bits per heavy atom. The molecule has 10 nitrogen and oxygen atoms in total. The number of carbonyl (C=O) groups excluding carboxylic acids is 2. The highest BCUT2D eigenvalue weighted by atomic mass is 16.5. The molecule has 1 heterocycles. The fourth-order valence-electron chi connectivity index (χ4n) is 7.16. The molecule has 1 saturated heterocycles. The van der Waals surface area contributed by atoms with E-state index in [1.54, 1.807) is 6.92 Å². The van der Waals surface area contributed by atoms with Crippen LogP contribution in [-0.4, -0.2) is 92.2 Å². The van der Waals surface area contributed by atoms with Gasteiger partial charge < -0.3 is 35.0 Å². The maximum atomic E-state index is 13.7. The molecular weight excluding hydrogens is 554 g/mol. The first-order chi connectivity index (χ1) is 20.3. The van der Waals surface area contributed by atoms with E-state index in [9.17, 15) is 35.1 Å². The molecule has 2 aromatic rings. The zero-order valence-corrected chi connectivity index (χ0v) is 25.5. The SMILES string of the molecule is CC[C@@]1(O)C[C@H](O[C@H](C)CC([C@H](O)C(C)C)N2CCOCC2)c2c(O)c3c(c(O)c2[C@H]1C)C(=O)c1cccc(O)c1C3=O. The minimum absolute atomic E-state index is 0.00293. The van der Waals surface area contributed by atoms with Crippen LogP contribution in [0.1, 0.15) is 109 Å². The van der Waals surface area contributed by atoms with Crippen LogP contribution in [0, 0.1) is 5.92 Å². The van der Waals surface area contributed by atoms with Gasteiger partial charge in [0.25, 0.3) is 0 Å². The van der Waals surface area contributed by atoms with Crippen LogP contribution in [0.4, 0.5) is 0 Å². The molecule has 0 spiro atoms. The van der Waals surface area contributed by atoms with Crippen LogP contribution in [0.2, 0.25) is 0 Å². The molecule has 5 N–H and O–H groups in total. The lowest BCUT2D eigenvalue weighted by molar-refractivity contribution is -0.104. The first kappa shape index (κ1) is 31.4. The van der Waals surface area contributed by atoms with E-state index in [0.29, 0.717) is 39.1 Å². The molecule has 5 rings (SSSR count). The Morgan fingerprint density at radius 3 is 2.26 bits per heavy atom. The second-order valence-corrected chi connectivity index (χ2v) is 12.6. The third-order valence-electron chi connectivity index (χ3n) is 9.77. The molecule has 1 unspecified atom stereocenters. The van der Waals surface area contributed by atoms with E-state index in [1.165, 1.54) is 18.2 Å². The monoisotopic (exact) mass is 597 g/mol. The molecule has 0 aromatic heterocycles. The molecule has 234 valence electrons. The summed E-state index contributed by atoms with van der Waals surface area (Å²) in [4.78, 5) is 29.5. The average Bonchev–Trinajstić information content (AvgIpc) is 2.98. The normalized spacial score (nSPS) is 26.0. The van der Waals surface area contributed by atoms with E-state index < -0.39 is 58.6 Å². The number of benzene rings is 2. The van der Waals surface area contributed by atoms with Crippen LogP contribution in [0.3, 0.4) is 0 Å². The number of ether oxygens (including phenoxy) is 2. The lowest BCUT2D eigenvalue weighted by atomic mass is 9.67. The highest BCUT2D eigenvalue weighted by molar-refractivity contribution is 6.31. The number of morpholine rings is 1. The van der Waals surface area contributed by atoms with Gasteiger partial charge in [0.05, 0.1) is 53.8 Å². The second-order valence-electron chi connectivity index (χ2n) is 12.6. The van der Waals surface area contributed by atoms with Crippen molar-refractivity contribution < 1.29 is 44.6 Å². The summed E-state index contributed by atoms with van der Waals surface area (Å²) in [5, 5.41) is 56.7. The minimum Gasteiger partial charge on any atom is -0.507 e. The van der Waals surface area contributed by atoms with Crippen molar-refractivity contribution >= 4 is 11.6 Å². The van der Waals surface area contributed by atoms with E-state index in [-0.39, 0.29) is 51.8 Å². The van der Waals surface area contributed by atoms with Crippen LogP contribution in [0.25, 0.3) is 0 Å². The third-order valence-corrected chi connectivity index (χ3v) is 9.77. The Balaban J connectivity index is 1.58. The topological polar surface area (TPSA) is 157 Å². The van der Waals surface area contributed by atoms with Gasteiger partial charge in [0.2, 0.25) is 5.78 Å². The molecule has 1 fully saturated rings. The maximum Gasteiger partial charge on any atom is 0.202 e. The number of fused-ring (bicyclic) bond motifs is 3. The lowest BCUT2D eigenvalue weighted by Crippen LogP contribution is -2.52. The second kappa shape index (κ2) is 11.8. The maximum absolute atomic E-state index is 13.7. The summed E-state index contributed by atoms with van der Waals surface area (Å²) < 4.78 is 12.1. The number of phenolic OH excluding ortho intramolecular Hbond substituents is 3. The molecule has 43 heavy (non-hydrogen) atoms. The molecule has 2 aliphatic carbocycles. The van der Waals surface area contributed by atoms with Gasteiger partial charge in [-0.05, 0) is 31.7 Å². The van der Waals surface area contributed by atoms with Gasteiger partial charge in [-0.25, -0.2) is 0 Å². The number of hydrogen-bond acceptors (Lipinski definition) is 10. The molecule has 0 radical (unpaired) electrons. The smallest absolute Gasteiger partial charge is 0.202 e.